The zero-order chi connectivity index (χ0) is 33.1. The maximum absolute atomic E-state index is 9.54. The van der Waals surface area contributed by atoms with Crippen molar-refractivity contribution in [3.05, 3.63) is 0 Å². The lowest BCUT2D eigenvalue weighted by Gasteiger charge is -2.34. The molecule has 0 saturated carbocycles. The van der Waals surface area contributed by atoms with E-state index in [-0.39, 0.29) is 58.9 Å². The first-order valence-corrected chi connectivity index (χ1v) is 16.1. The molecule has 8 nitrogen and oxygen atoms in total. The van der Waals surface area contributed by atoms with Crippen molar-refractivity contribution in [1.82, 2.24) is 0 Å². The SMILES string of the molecule is CCC(CC)(CO)COCC(C)(C)COCC(C)(C)CO.CCC(CC)(COCC(C)(C)CO)COCC(C)(C)CO. The monoisotopic (exact) mass is 609 g/mol. The summed E-state index contributed by atoms with van der Waals surface area (Å²) >= 11 is 0. The van der Waals surface area contributed by atoms with E-state index in [1.165, 1.54) is 0 Å². The Balaban J connectivity index is 0. The van der Waals surface area contributed by atoms with Crippen LogP contribution < -0.4 is 0 Å². The molecule has 0 aromatic rings. The van der Waals surface area contributed by atoms with Crippen LogP contribution in [0, 0.1) is 32.5 Å². The summed E-state index contributed by atoms with van der Waals surface area (Å²) < 4.78 is 23.3. The van der Waals surface area contributed by atoms with E-state index in [1.54, 1.807) is 0 Å². The number of ether oxygens (including phenoxy) is 4. The fraction of sp³-hybridized carbons (Fsp3) is 1.00. The quantitative estimate of drug-likeness (QED) is 0.110. The Morgan fingerprint density at radius 3 is 0.810 bits per heavy atom. The second kappa shape index (κ2) is 20.7. The van der Waals surface area contributed by atoms with Gasteiger partial charge in [-0.3, -0.25) is 0 Å². The smallest absolute Gasteiger partial charge is 0.0544 e. The molecule has 0 spiro atoms. The molecule has 42 heavy (non-hydrogen) atoms. The summed E-state index contributed by atoms with van der Waals surface area (Å²) in [5.41, 5.74) is -0.783. The second-order valence-corrected chi connectivity index (χ2v) is 15.7. The molecule has 0 aromatic carbocycles. The molecule has 0 aromatic heterocycles. The summed E-state index contributed by atoms with van der Waals surface area (Å²) in [7, 11) is 0. The van der Waals surface area contributed by atoms with Crippen LogP contribution in [0.5, 0.6) is 0 Å². The van der Waals surface area contributed by atoms with Gasteiger partial charge in [-0.05, 0) is 25.7 Å². The van der Waals surface area contributed by atoms with Gasteiger partial charge in [0.15, 0.2) is 0 Å². The van der Waals surface area contributed by atoms with E-state index in [9.17, 15) is 20.4 Å². The fourth-order valence-corrected chi connectivity index (χ4v) is 3.84. The first-order chi connectivity index (χ1) is 19.3. The summed E-state index contributed by atoms with van der Waals surface area (Å²) in [4.78, 5) is 0. The van der Waals surface area contributed by atoms with Crippen molar-refractivity contribution in [2.75, 3.05) is 79.3 Å². The summed E-state index contributed by atoms with van der Waals surface area (Å²) in [5, 5.41) is 37.3. The highest BCUT2D eigenvalue weighted by atomic mass is 16.5. The highest BCUT2D eigenvalue weighted by molar-refractivity contribution is 4.79. The molecular weight excluding hydrogens is 536 g/mol. The average Bonchev–Trinajstić information content (AvgIpc) is 2.94. The normalized spacial score (nSPS) is 13.7. The molecule has 8 heteroatoms. The molecule has 256 valence electrons. The van der Waals surface area contributed by atoms with Gasteiger partial charge in [0.2, 0.25) is 0 Å². The average molecular weight is 609 g/mol. The molecule has 0 atom stereocenters. The maximum Gasteiger partial charge on any atom is 0.0544 e. The van der Waals surface area contributed by atoms with Gasteiger partial charge >= 0.3 is 0 Å². The van der Waals surface area contributed by atoms with Crippen LogP contribution >= 0.6 is 0 Å². The van der Waals surface area contributed by atoms with Crippen molar-refractivity contribution in [3.63, 3.8) is 0 Å². The molecule has 0 aliphatic carbocycles. The third-order valence-corrected chi connectivity index (χ3v) is 8.31. The van der Waals surface area contributed by atoms with Gasteiger partial charge in [0.25, 0.3) is 0 Å². The van der Waals surface area contributed by atoms with Crippen molar-refractivity contribution in [1.29, 1.82) is 0 Å². The second-order valence-electron chi connectivity index (χ2n) is 15.7. The van der Waals surface area contributed by atoms with Gasteiger partial charge < -0.3 is 39.4 Å². The van der Waals surface area contributed by atoms with Crippen LogP contribution in [0.25, 0.3) is 0 Å². The number of aliphatic hydroxyl groups is 4. The fourth-order valence-electron chi connectivity index (χ4n) is 3.84. The van der Waals surface area contributed by atoms with Crippen LogP contribution in [-0.4, -0.2) is 99.7 Å². The zero-order valence-corrected chi connectivity index (χ0v) is 29.7. The van der Waals surface area contributed by atoms with E-state index >= 15 is 0 Å². The van der Waals surface area contributed by atoms with E-state index in [0.717, 1.165) is 25.7 Å². The van der Waals surface area contributed by atoms with Gasteiger partial charge in [0.05, 0.1) is 79.3 Å². The minimum absolute atomic E-state index is 0.0110. The third-order valence-electron chi connectivity index (χ3n) is 8.31. The maximum atomic E-state index is 9.54. The first-order valence-electron chi connectivity index (χ1n) is 16.1. The Kier molecular flexibility index (Phi) is 21.5. The molecular formula is C34H72O8. The van der Waals surface area contributed by atoms with Crippen LogP contribution in [0.2, 0.25) is 0 Å². The number of rotatable bonds is 24. The Morgan fingerprint density at radius 2 is 0.571 bits per heavy atom. The summed E-state index contributed by atoms with van der Waals surface area (Å²) in [5.74, 6) is 0. The summed E-state index contributed by atoms with van der Waals surface area (Å²) in [6.07, 6.45) is 3.81. The Hall–Kier alpha value is -0.320. The van der Waals surface area contributed by atoms with Crippen LogP contribution in [-0.2, 0) is 18.9 Å². The first kappa shape index (κ1) is 43.8. The molecule has 0 aliphatic heterocycles. The van der Waals surface area contributed by atoms with Gasteiger partial charge in [-0.1, -0.05) is 83.1 Å². The topological polar surface area (TPSA) is 118 Å². The predicted molar refractivity (Wildman–Crippen MR) is 173 cm³/mol. The van der Waals surface area contributed by atoms with Crippen molar-refractivity contribution in [3.8, 4) is 0 Å². The van der Waals surface area contributed by atoms with E-state index in [1.807, 2.05) is 41.5 Å². The van der Waals surface area contributed by atoms with E-state index in [0.29, 0.717) is 52.9 Å². The number of hydrogen-bond donors (Lipinski definition) is 4. The van der Waals surface area contributed by atoms with E-state index in [2.05, 4.69) is 41.5 Å². The lowest BCUT2D eigenvalue weighted by atomic mass is 9.84. The van der Waals surface area contributed by atoms with E-state index < -0.39 is 0 Å². The van der Waals surface area contributed by atoms with Crippen LogP contribution in [0.3, 0.4) is 0 Å². The zero-order valence-electron chi connectivity index (χ0n) is 29.7. The minimum Gasteiger partial charge on any atom is -0.396 e. The molecule has 4 N–H and O–H groups in total. The molecule has 0 bridgehead atoms. The van der Waals surface area contributed by atoms with Gasteiger partial charge in [-0.25, -0.2) is 0 Å². The van der Waals surface area contributed by atoms with E-state index in [4.69, 9.17) is 18.9 Å². The Morgan fingerprint density at radius 1 is 0.333 bits per heavy atom. The lowest BCUT2D eigenvalue weighted by Crippen LogP contribution is -2.35. The summed E-state index contributed by atoms with van der Waals surface area (Å²) in [6, 6.07) is 0. The van der Waals surface area contributed by atoms with Gasteiger partial charge in [-0.15, -0.1) is 0 Å². The molecule has 0 unspecified atom stereocenters. The van der Waals surface area contributed by atoms with Crippen molar-refractivity contribution < 1.29 is 39.4 Å². The number of hydrogen-bond acceptors (Lipinski definition) is 8. The molecule has 0 rings (SSSR count). The molecule has 0 aliphatic rings. The van der Waals surface area contributed by atoms with Crippen molar-refractivity contribution >= 4 is 0 Å². The lowest BCUT2D eigenvalue weighted by molar-refractivity contribution is -0.0685. The van der Waals surface area contributed by atoms with Crippen molar-refractivity contribution in [2.45, 2.75) is 109 Å². The van der Waals surface area contributed by atoms with Gasteiger partial charge in [0.1, 0.15) is 0 Å². The van der Waals surface area contributed by atoms with Crippen molar-refractivity contribution in [2.24, 2.45) is 32.5 Å². The minimum atomic E-state index is -0.201. The predicted octanol–water partition coefficient (Wildman–Crippen LogP) is 5.73. The highest BCUT2D eigenvalue weighted by Gasteiger charge is 2.30. The molecule has 0 fully saturated rings. The van der Waals surface area contributed by atoms with Crippen LogP contribution in [0.4, 0.5) is 0 Å². The third kappa shape index (κ3) is 19.1. The molecule has 0 heterocycles. The van der Waals surface area contributed by atoms with Crippen LogP contribution in [0.1, 0.15) is 109 Å². The van der Waals surface area contributed by atoms with Gasteiger partial charge in [-0.2, -0.15) is 0 Å². The molecule has 0 radical (unpaired) electrons. The van der Waals surface area contributed by atoms with Gasteiger partial charge in [0, 0.05) is 32.5 Å². The Bertz CT molecular complexity index is 620. The Labute approximate surface area is 259 Å². The summed E-state index contributed by atoms with van der Waals surface area (Å²) in [6.45, 7) is 29.9. The van der Waals surface area contributed by atoms with Crippen LogP contribution in [0.15, 0.2) is 0 Å². The highest BCUT2D eigenvalue weighted by Crippen LogP contribution is 2.30. The number of aliphatic hydroxyl groups excluding tert-OH is 4. The molecule has 0 saturated heterocycles. The molecule has 0 amide bonds. The standard InChI is InChI=1S/2C17H36O4/c1-7-17(8-2,10-19)14-21-13-16(5,6)12-20-11-15(3,4)9-18;1-7-17(8-2,13-20-11-15(3,4)9-18)14-21-12-16(5,6)10-19/h2*18-19H,7-14H2,1-6H3. The largest absolute Gasteiger partial charge is 0.396 e.